The summed E-state index contributed by atoms with van der Waals surface area (Å²) < 4.78 is 5.19. The molecule has 1 fully saturated rings. The van der Waals surface area contributed by atoms with E-state index < -0.39 is 5.97 Å². The van der Waals surface area contributed by atoms with Gasteiger partial charge in [0.25, 0.3) is 11.7 Å². The van der Waals surface area contributed by atoms with Crippen LogP contribution in [0.5, 0.6) is 0 Å². The van der Waals surface area contributed by atoms with Gasteiger partial charge < -0.3 is 14.9 Å². The van der Waals surface area contributed by atoms with E-state index in [2.05, 4.69) is 15.5 Å². The van der Waals surface area contributed by atoms with Crippen LogP contribution < -0.4 is 5.32 Å². The Bertz CT molecular complexity index is 552. The molecule has 1 aliphatic carbocycles. The summed E-state index contributed by atoms with van der Waals surface area (Å²) in [6, 6.07) is 0. The van der Waals surface area contributed by atoms with Gasteiger partial charge >= 0.3 is 5.97 Å². The Morgan fingerprint density at radius 1 is 1.32 bits per heavy atom. The first kappa shape index (κ1) is 19.4. The lowest BCUT2D eigenvalue weighted by molar-refractivity contribution is -0.137. The van der Waals surface area contributed by atoms with Crippen molar-refractivity contribution in [3.63, 3.8) is 0 Å². The van der Waals surface area contributed by atoms with Crippen LogP contribution in [-0.2, 0) is 4.79 Å². The molecule has 1 saturated carbocycles. The van der Waals surface area contributed by atoms with Gasteiger partial charge in [-0.1, -0.05) is 57.0 Å². The molecule has 0 aliphatic heterocycles. The van der Waals surface area contributed by atoms with Crippen molar-refractivity contribution in [3.8, 4) is 0 Å². The molecular weight excluding hydrogens is 322 g/mol. The first-order valence-electron chi connectivity index (χ1n) is 9.43. The highest BCUT2D eigenvalue weighted by Crippen LogP contribution is 2.31. The Kier molecular flexibility index (Phi) is 7.88. The first-order chi connectivity index (χ1) is 12.1. The molecule has 1 heterocycles. The molecule has 7 heteroatoms. The van der Waals surface area contributed by atoms with Crippen LogP contribution in [0, 0.1) is 5.92 Å². The number of nitrogens with zero attached hydrogens (tertiary/aromatic N) is 2. The number of carboxylic acids is 1. The Morgan fingerprint density at radius 3 is 2.76 bits per heavy atom. The van der Waals surface area contributed by atoms with Crippen molar-refractivity contribution < 1.29 is 19.2 Å². The average Bonchev–Trinajstić information content (AvgIpc) is 3.09. The van der Waals surface area contributed by atoms with E-state index in [1.165, 1.54) is 32.1 Å². The first-order valence-corrected chi connectivity index (χ1v) is 9.43. The standard InChI is InChI=1S/C18H29N3O4/c1-2-11-19-17(24)16-20-18(25-21-16)14(12-15(22)23)10-6-9-13-7-4-3-5-8-13/h13-14H,2-12H2,1H3,(H,19,24)(H,22,23). The summed E-state index contributed by atoms with van der Waals surface area (Å²) in [5.74, 6) is -0.608. The largest absolute Gasteiger partial charge is 0.481 e. The Hall–Kier alpha value is -1.92. The lowest BCUT2D eigenvalue weighted by Crippen LogP contribution is -2.25. The molecule has 25 heavy (non-hydrogen) atoms. The lowest BCUT2D eigenvalue weighted by atomic mass is 9.84. The SMILES string of the molecule is CCCNC(=O)c1noc(C(CCCC2CCCCC2)CC(=O)O)n1. The van der Waals surface area contributed by atoms with Crippen LogP contribution in [0.3, 0.4) is 0 Å². The maximum Gasteiger partial charge on any atom is 0.304 e. The highest BCUT2D eigenvalue weighted by Gasteiger charge is 2.24. The minimum atomic E-state index is -0.891. The highest BCUT2D eigenvalue weighted by molar-refractivity contribution is 5.90. The quantitative estimate of drug-likeness (QED) is 0.668. The van der Waals surface area contributed by atoms with Crippen LogP contribution in [0.15, 0.2) is 4.52 Å². The zero-order valence-corrected chi connectivity index (χ0v) is 15.0. The summed E-state index contributed by atoms with van der Waals surface area (Å²) in [7, 11) is 0. The third kappa shape index (κ3) is 6.48. The summed E-state index contributed by atoms with van der Waals surface area (Å²) in [5, 5.41) is 15.5. The average molecular weight is 351 g/mol. The van der Waals surface area contributed by atoms with E-state index >= 15 is 0 Å². The van der Waals surface area contributed by atoms with Gasteiger partial charge in [-0.2, -0.15) is 4.98 Å². The van der Waals surface area contributed by atoms with Gasteiger partial charge in [0.05, 0.1) is 6.42 Å². The molecule has 0 bridgehead atoms. The van der Waals surface area contributed by atoms with Gasteiger partial charge in [0.2, 0.25) is 5.89 Å². The van der Waals surface area contributed by atoms with E-state index in [-0.39, 0.29) is 30.0 Å². The Labute approximate surface area is 148 Å². The number of hydrogen-bond donors (Lipinski definition) is 2. The van der Waals surface area contributed by atoms with Crippen molar-refractivity contribution in [1.82, 2.24) is 15.5 Å². The summed E-state index contributed by atoms with van der Waals surface area (Å²) >= 11 is 0. The fraction of sp³-hybridized carbons (Fsp3) is 0.778. The van der Waals surface area contributed by atoms with Crippen molar-refractivity contribution in [2.24, 2.45) is 5.92 Å². The molecule has 7 nitrogen and oxygen atoms in total. The number of nitrogens with one attached hydrogen (secondary N) is 1. The molecule has 1 atom stereocenters. The number of aliphatic carboxylic acids is 1. The minimum Gasteiger partial charge on any atom is -0.481 e. The molecule has 0 saturated heterocycles. The van der Waals surface area contributed by atoms with Gasteiger partial charge in [0, 0.05) is 12.5 Å². The molecule has 0 aromatic carbocycles. The number of rotatable bonds is 10. The Morgan fingerprint density at radius 2 is 2.08 bits per heavy atom. The molecule has 140 valence electrons. The van der Waals surface area contributed by atoms with Gasteiger partial charge in [-0.15, -0.1) is 0 Å². The maximum absolute atomic E-state index is 11.9. The van der Waals surface area contributed by atoms with Crippen LogP contribution in [-0.4, -0.2) is 33.7 Å². The zero-order chi connectivity index (χ0) is 18.1. The number of amides is 1. The predicted octanol–water partition coefficient (Wildman–Crippen LogP) is 3.52. The van der Waals surface area contributed by atoms with E-state index in [0.29, 0.717) is 13.0 Å². The summed E-state index contributed by atoms with van der Waals surface area (Å²) in [5.41, 5.74) is 0. The monoisotopic (exact) mass is 351 g/mol. The van der Waals surface area contributed by atoms with Gasteiger partial charge in [0.15, 0.2) is 0 Å². The lowest BCUT2D eigenvalue weighted by Gasteiger charge is -2.21. The van der Waals surface area contributed by atoms with Gasteiger partial charge in [-0.05, 0) is 18.8 Å². The van der Waals surface area contributed by atoms with Gasteiger partial charge in [0.1, 0.15) is 0 Å². The van der Waals surface area contributed by atoms with Crippen molar-refractivity contribution in [2.45, 2.75) is 77.0 Å². The van der Waals surface area contributed by atoms with Crippen LogP contribution in [0.4, 0.5) is 0 Å². The second kappa shape index (κ2) is 10.2. The molecule has 2 rings (SSSR count). The molecule has 1 aromatic heterocycles. The summed E-state index contributed by atoms with van der Waals surface area (Å²) in [4.78, 5) is 27.2. The third-order valence-electron chi connectivity index (χ3n) is 4.84. The van der Waals surface area contributed by atoms with Crippen LogP contribution in [0.1, 0.15) is 93.6 Å². The Balaban J connectivity index is 1.90. The molecule has 0 radical (unpaired) electrons. The number of hydrogen-bond acceptors (Lipinski definition) is 5. The second-order valence-corrected chi connectivity index (χ2v) is 6.94. The number of carbonyl (C=O) groups is 2. The molecule has 1 amide bonds. The molecule has 0 spiro atoms. The van der Waals surface area contributed by atoms with Crippen molar-refractivity contribution in [3.05, 3.63) is 11.7 Å². The second-order valence-electron chi connectivity index (χ2n) is 6.94. The van der Waals surface area contributed by atoms with Gasteiger partial charge in [-0.3, -0.25) is 9.59 Å². The minimum absolute atomic E-state index is 0.0221. The van der Waals surface area contributed by atoms with Gasteiger partial charge in [-0.25, -0.2) is 0 Å². The molecule has 2 N–H and O–H groups in total. The predicted molar refractivity (Wildman–Crippen MR) is 92.3 cm³/mol. The van der Waals surface area contributed by atoms with Crippen LogP contribution >= 0.6 is 0 Å². The fourth-order valence-electron chi connectivity index (χ4n) is 3.46. The topological polar surface area (TPSA) is 105 Å². The normalized spacial score (nSPS) is 16.5. The van der Waals surface area contributed by atoms with E-state index in [1.807, 2.05) is 6.92 Å². The highest BCUT2D eigenvalue weighted by atomic mass is 16.5. The molecule has 1 aromatic rings. The molecule has 1 unspecified atom stereocenters. The van der Waals surface area contributed by atoms with E-state index in [0.717, 1.165) is 25.2 Å². The van der Waals surface area contributed by atoms with Crippen LogP contribution in [0.2, 0.25) is 0 Å². The van der Waals surface area contributed by atoms with Crippen molar-refractivity contribution in [2.75, 3.05) is 6.54 Å². The number of carbonyl (C=O) groups excluding carboxylic acids is 1. The van der Waals surface area contributed by atoms with Crippen molar-refractivity contribution >= 4 is 11.9 Å². The summed E-state index contributed by atoms with van der Waals surface area (Å²) in [6.45, 7) is 2.50. The molecular formula is C18H29N3O4. The zero-order valence-electron chi connectivity index (χ0n) is 15.0. The van der Waals surface area contributed by atoms with E-state index in [1.54, 1.807) is 0 Å². The smallest absolute Gasteiger partial charge is 0.304 e. The van der Waals surface area contributed by atoms with E-state index in [4.69, 9.17) is 9.63 Å². The van der Waals surface area contributed by atoms with Crippen molar-refractivity contribution in [1.29, 1.82) is 0 Å². The number of aromatic nitrogens is 2. The third-order valence-corrected chi connectivity index (χ3v) is 4.84. The number of carboxylic acid groups (broad SMARTS) is 1. The van der Waals surface area contributed by atoms with Crippen LogP contribution in [0.25, 0.3) is 0 Å². The molecule has 1 aliphatic rings. The van der Waals surface area contributed by atoms with E-state index in [9.17, 15) is 9.59 Å². The summed E-state index contributed by atoms with van der Waals surface area (Å²) in [6.07, 6.45) is 10.0. The maximum atomic E-state index is 11.9. The fourth-order valence-corrected chi connectivity index (χ4v) is 3.46.